The first-order chi connectivity index (χ1) is 19.3. The summed E-state index contributed by atoms with van der Waals surface area (Å²) in [4.78, 5) is 48.2. The Labute approximate surface area is 239 Å². The molecule has 1 heterocycles. The number of aliphatic carboxylic acids is 1. The zero-order valence-electron chi connectivity index (χ0n) is 21.2. The van der Waals surface area contributed by atoms with Gasteiger partial charge in [0.15, 0.2) is 5.12 Å². The minimum absolute atomic E-state index is 0.00635. The highest BCUT2D eigenvalue weighted by Crippen LogP contribution is 2.26. The van der Waals surface area contributed by atoms with E-state index < -0.39 is 30.4 Å². The Morgan fingerprint density at radius 3 is 2.15 bits per heavy atom. The fourth-order valence-corrected chi connectivity index (χ4v) is 4.89. The zero-order chi connectivity index (χ0) is 28.5. The van der Waals surface area contributed by atoms with Crippen LogP contribution in [0.5, 0.6) is 5.75 Å². The summed E-state index contributed by atoms with van der Waals surface area (Å²) in [5, 5.41) is 12.2. The standard InChI is InChI=1S/C29H25NO8S2/c31-25(32)13-19-11-23-24(28(35)38-27(23)34)12-20(19)14-26(33)40-17-22(16-36-21-9-5-2-6-10-21)37-29(39)30-15-18-7-3-1-4-8-18/h1-12,22H,13-17H2,(H,30,39)(H,31,32). The number of esters is 2. The molecule has 0 spiro atoms. The molecule has 1 aliphatic rings. The Bertz CT molecular complexity index is 1410. The van der Waals surface area contributed by atoms with Gasteiger partial charge < -0.3 is 24.6 Å². The Morgan fingerprint density at radius 1 is 0.925 bits per heavy atom. The number of fused-ring (bicyclic) bond motifs is 1. The molecule has 40 heavy (non-hydrogen) atoms. The summed E-state index contributed by atoms with van der Waals surface area (Å²) in [6.45, 7) is 0.585. The molecule has 0 amide bonds. The van der Waals surface area contributed by atoms with E-state index in [0.29, 0.717) is 17.9 Å². The number of thioether (sulfide) groups is 1. The number of carboxylic acids is 1. The molecule has 2 N–H and O–H groups in total. The number of cyclic esters (lactones) is 2. The first-order valence-corrected chi connectivity index (χ1v) is 13.6. The molecule has 1 unspecified atom stereocenters. The van der Waals surface area contributed by atoms with E-state index in [4.69, 9.17) is 21.7 Å². The first kappa shape index (κ1) is 28.8. The average Bonchev–Trinajstić information content (AvgIpc) is 3.21. The molecule has 0 saturated heterocycles. The average molecular weight is 580 g/mol. The number of nitrogens with one attached hydrogen (secondary N) is 1. The molecule has 0 radical (unpaired) electrons. The van der Waals surface area contributed by atoms with Crippen LogP contribution in [0.4, 0.5) is 0 Å². The zero-order valence-corrected chi connectivity index (χ0v) is 22.8. The van der Waals surface area contributed by atoms with Crippen molar-refractivity contribution in [1.82, 2.24) is 5.32 Å². The van der Waals surface area contributed by atoms with Crippen LogP contribution in [0.3, 0.4) is 0 Å². The largest absolute Gasteiger partial charge is 0.490 e. The van der Waals surface area contributed by atoms with E-state index in [1.165, 1.54) is 12.1 Å². The van der Waals surface area contributed by atoms with Crippen molar-refractivity contribution in [3.05, 3.63) is 101 Å². The normalized spacial score (nSPS) is 12.7. The van der Waals surface area contributed by atoms with E-state index in [2.05, 4.69) is 10.1 Å². The third-order valence-electron chi connectivity index (χ3n) is 5.80. The molecular formula is C29H25NO8S2. The first-order valence-electron chi connectivity index (χ1n) is 12.2. The van der Waals surface area contributed by atoms with Gasteiger partial charge in [-0.2, -0.15) is 0 Å². The fraction of sp³-hybridized carbons (Fsp3) is 0.207. The summed E-state index contributed by atoms with van der Waals surface area (Å²) in [6.07, 6.45) is -1.17. The smallest absolute Gasteiger partial charge is 0.346 e. The predicted octanol–water partition coefficient (Wildman–Crippen LogP) is 3.97. The van der Waals surface area contributed by atoms with E-state index in [-0.39, 0.29) is 45.8 Å². The second kappa shape index (κ2) is 13.7. The lowest BCUT2D eigenvalue weighted by molar-refractivity contribution is -0.136. The van der Waals surface area contributed by atoms with Crippen LogP contribution in [-0.2, 0) is 38.4 Å². The number of benzene rings is 3. The molecule has 1 aliphatic heterocycles. The monoisotopic (exact) mass is 579 g/mol. The van der Waals surface area contributed by atoms with E-state index in [1.54, 1.807) is 12.1 Å². The van der Waals surface area contributed by atoms with Crippen molar-refractivity contribution in [3.63, 3.8) is 0 Å². The maximum absolute atomic E-state index is 13.0. The van der Waals surface area contributed by atoms with Gasteiger partial charge in [-0.15, -0.1) is 0 Å². The number of carbonyl (C=O) groups is 4. The lowest BCUT2D eigenvalue weighted by Gasteiger charge is -2.20. The number of thiocarbonyl (C=S) groups is 1. The van der Waals surface area contributed by atoms with Gasteiger partial charge in [0.2, 0.25) is 0 Å². The maximum Gasteiger partial charge on any atom is 0.346 e. The Balaban J connectivity index is 1.40. The molecule has 0 saturated carbocycles. The number of ether oxygens (including phenoxy) is 3. The quantitative estimate of drug-likeness (QED) is 0.184. The van der Waals surface area contributed by atoms with Crippen molar-refractivity contribution in [2.24, 2.45) is 0 Å². The van der Waals surface area contributed by atoms with Gasteiger partial charge in [-0.25, -0.2) is 9.59 Å². The fourth-order valence-electron chi connectivity index (χ4n) is 3.89. The molecule has 206 valence electrons. The summed E-state index contributed by atoms with van der Waals surface area (Å²) in [5.74, 6) is -1.98. The van der Waals surface area contributed by atoms with Gasteiger partial charge in [-0.3, -0.25) is 9.59 Å². The van der Waals surface area contributed by atoms with Crippen molar-refractivity contribution >= 4 is 52.2 Å². The molecule has 11 heteroatoms. The number of carbonyl (C=O) groups excluding carboxylic acids is 3. The molecule has 4 rings (SSSR count). The molecule has 3 aromatic rings. The summed E-state index contributed by atoms with van der Waals surface area (Å²) in [7, 11) is 0. The summed E-state index contributed by atoms with van der Waals surface area (Å²) < 4.78 is 16.4. The molecule has 0 aromatic heterocycles. The molecule has 0 bridgehead atoms. The number of hydrogen-bond donors (Lipinski definition) is 2. The van der Waals surface area contributed by atoms with Crippen molar-refractivity contribution in [1.29, 1.82) is 0 Å². The summed E-state index contributed by atoms with van der Waals surface area (Å²) in [6, 6.07) is 21.5. The lowest BCUT2D eigenvalue weighted by Crippen LogP contribution is -2.33. The van der Waals surface area contributed by atoms with Gasteiger partial charge >= 0.3 is 17.9 Å². The second-order valence-electron chi connectivity index (χ2n) is 8.76. The number of rotatable bonds is 12. The minimum Gasteiger partial charge on any atom is -0.490 e. The van der Waals surface area contributed by atoms with Gasteiger partial charge in [0.1, 0.15) is 18.5 Å². The molecule has 1 atom stereocenters. The molecule has 0 fully saturated rings. The van der Waals surface area contributed by atoms with E-state index in [9.17, 15) is 24.3 Å². The van der Waals surface area contributed by atoms with E-state index >= 15 is 0 Å². The lowest BCUT2D eigenvalue weighted by atomic mass is 9.96. The van der Waals surface area contributed by atoms with Crippen molar-refractivity contribution < 1.29 is 38.5 Å². The van der Waals surface area contributed by atoms with Crippen LogP contribution in [0, 0.1) is 0 Å². The van der Waals surface area contributed by atoms with Gasteiger partial charge in [0, 0.05) is 18.7 Å². The molecule has 3 aromatic carbocycles. The second-order valence-corrected chi connectivity index (χ2v) is 10.2. The molecule has 9 nitrogen and oxygen atoms in total. The van der Waals surface area contributed by atoms with Gasteiger partial charge in [-0.05, 0) is 53.2 Å². The van der Waals surface area contributed by atoms with E-state index in [0.717, 1.165) is 17.3 Å². The van der Waals surface area contributed by atoms with Gasteiger partial charge in [0.25, 0.3) is 5.17 Å². The predicted molar refractivity (Wildman–Crippen MR) is 151 cm³/mol. The van der Waals surface area contributed by atoms with Crippen molar-refractivity contribution in [2.45, 2.75) is 25.5 Å². The number of hydrogen-bond acceptors (Lipinski definition) is 9. The Morgan fingerprint density at radius 2 is 1.52 bits per heavy atom. The summed E-state index contributed by atoms with van der Waals surface area (Å²) in [5.41, 5.74) is 1.63. The highest BCUT2D eigenvalue weighted by Gasteiger charge is 2.31. The van der Waals surface area contributed by atoms with Crippen LogP contribution in [0.25, 0.3) is 0 Å². The highest BCUT2D eigenvalue weighted by atomic mass is 32.2. The number of carboxylic acid groups (broad SMARTS) is 1. The third kappa shape index (κ3) is 8.14. The van der Waals surface area contributed by atoms with Crippen LogP contribution in [-0.4, -0.2) is 51.8 Å². The Kier molecular flexibility index (Phi) is 9.87. The SMILES string of the molecule is O=C(O)Cc1cc2c(cc1CC(=O)SCC(COc1ccccc1)OC(=S)NCc1ccccc1)C(=O)OC2=O. The van der Waals surface area contributed by atoms with E-state index in [1.807, 2.05) is 48.5 Å². The van der Waals surface area contributed by atoms with Crippen LogP contribution < -0.4 is 10.1 Å². The third-order valence-corrected chi connectivity index (χ3v) is 7.05. The summed E-state index contributed by atoms with van der Waals surface area (Å²) >= 11 is 6.33. The van der Waals surface area contributed by atoms with Crippen LogP contribution in [0.1, 0.15) is 37.4 Å². The molecular weight excluding hydrogens is 554 g/mol. The van der Waals surface area contributed by atoms with Crippen LogP contribution in [0.15, 0.2) is 72.8 Å². The number of para-hydroxylation sites is 1. The highest BCUT2D eigenvalue weighted by molar-refractivity contribution is 8.13. The van der Waals surface area contributed by atoms with Crippen LogP contribution >= 0.6 is 24.0 Å². The Hall–Kier alpha value is -4.22. The van der Waals surface area contributed by atoms with Gasteiger partial charge in [0.05, 0.1) is 17.5 Å². The van der Waals surface area contributed by atoms with Gasteiger partial charge in [-0.1, -0.05) is 60.3 Å². The van der Waals surface area contributed by atoms with Crippen molar-refractivity contribution in [2.75, 3.05) is 12.4 Å². The minimum atomic E-state index is -1.14. The molecule has 0 aliphatic carbocycles. The van der Waals surface area contributed by atoms with Crippen LogP contribution in [0.2, 0.25) is 0 Å². The maximum atomic E-state index is 13.0. The topological polar surface area (TPSA) is 128 Å². The van der Waals surface area contributed by atoms with Crippen molar-refractivity contribution in [3.8, 4) is 5.75 Å².